The second kappa shape index (κ2) is 12.9. The number of aryl methyl sites for hydroxylation is 1. The molecule has 186 valence electrons. The minimum atomic E-state index is -0.690. The molecule has 0 bridgehead atoms. The molecule has 1 saturated heterocycles. The zero-order valence-electron chi connectivity index (χ0n) is 20.4. The van der Waals surface area contributed by atoms with Crippen LogP contribution in [-0.2, 0) is 11.2 Å². The van der Waals surface area contributed by atoms with Gasteiger partial charge in [0.05, 0.1) is 12.6 Å². The monoisotopic (exact) mass is 493 g/mol. The zero-order valence-corrected chi connectivity index (χ0v) is 21.3. The van der Waals surface area contributed by atoms with E-state index in [1.54, 1.807) is 13.3 Å². The molecule has 7 heteroatoms. The van der Waals surface area contributed by atoms with Gasteiger partial charge in [-0.15, -0.1) is 11.8 Å². The average Bonchev–Trinajstić information content (AvgIpc) is 2.88. The van der Waals surface area contributed by atoms with Gasteiger partial charge in [-0.3, -0.25) is 14.8 Å². The smallest absolute Gasteiger partial charge is 0.303 e. The number of hydrogen-bond donors (Lipinski definition) is 1. The van der Waals surface area contributed by atoms with E-state index >= 15 is 0 Å². The third-order valence-electron chi connectivity index (χ3n) is 7.08. The molecule has 0 aliphatic carbocycles. The van der Waals surface area contributed by atoms with Crippen LogP contribution in [0.25, 0.3) is 10.9 Å². The molecular formula is C28H35N3O3S. The summed E-state index contributed by atoms with van der Waals surface area (Å²) < 4.78 is 5.42. The number of aromatic nitrogens is 2. The lowest BCUT2D eigenvalue weighted by molar-refractivity contribution is -0.137. The fourth-order valence-corrected chi connectivity index (χ4v) is 6.08. The molecule has 3 aromatic rings. The molecule has 2 unspecified atom stereocenters. The maximum atomic E-state index is 11.3. The van der Waals surface area contributed by atoms with Crippen molar-refractivity contribution in [2.75, 3.05) is 32.5 Å². The second-order valence-electron chi connectivity index (χ2n) is 9.32. The minimum absolute atomic E-state index is 0.258. The first-order valence-electron chi connectivity index (χ1n) is 12.5. The van der Waals surface area contributed by atoms with Crippen LogP contribution in [0.5, 0.6) is 5.75 Å². The van der Waals surface area contributed by atoms with Gasteiger partial charge in [0, 0.05) is 54.1 Å². The number of rotatable bonds is 12. The molecule has 0 saturated carbocycles. The standard InChI is InChI=1S/C28H35N3O3S/c1-34-24-8-9-27-26(18-24)22(11-14-30-27)5-2-4-21-12-15-31(20-23(21)7-10-28(32)33)16-17-35-25-6-3-13-29-19-25/h3,6,8-9,11,13-14,18-19,21,23H,2,4-5,7,10,12,15-17,20H2,1H3,(H,32,33). The molecule has 0 radical (unpaired) electrons. The van der Waals surface area contributed by atoms with E-state index in [9.17, 15) is 9.90 Å². The van der Waals surface area contributed by atoms with Crippen LogP contribution < -0.4 is 4.74 Å². The summed E-state index contributed by atoms with van der Waals surface area (Å²) in [5.41, 5.74) is 2.31. The number of piperidine rings is 1. The highest BCUT2D eigenvalue weighted by Crippen LogP contribution is 2.32. The van der Waals surface area contributed by atoms with Crippen LogP contribution in [-0.4, -0.2) is 58.4 Å². The molecule has 1 aliphatic rings. The summed E-state index contributed by atoms with van der Waals surface area (Å²) in [6, 6.07) is 12.2. The summed E-state index contributed by atoms with van der Waals surface area (Å²) in [6.07, 6.45) is 11.0. The number of benzene rings is 1. The first-order valence-corrected chi connectivity index (χ1v) is 13.5. The second-order valence-corrected chi connectivity index (χ2v) is 10.5. The number of carboxylic acid groups (broad SMARTS) is 1. The highest BCUT2D eigenvalue weighted by molar-refractivity contribution is 7.99. The number of ether oxygens (including phenoxy) is 1. The molecule has 35 heavy (non-hydrogen) atoms. The Kier molecular flexibility index (Phi) is 9.37. The van der Waals surface area contributed by atoms with Gasteiger partial charge in [0.1, 0.15) is 5.75 Å². The third kappa shape index (κ3) is 7.42. The number of hydrogen-bond acceptors (Lipinski definition) is 6. The van der Waals surface area contributed by atoms with Gasteiger partial charge in [-0.05, 0) is 92.4 Å². The van der Waals surface area contributed by atoms with E-state index in [-0.39, 0.29) is 6.42 Å². The van der Waals surface area contributed by atoms with Crippen molar-refractivity contribution in [3.05, 3.63) is 60.6 Å². The summed E-state index contributed by atoms with van der Waals surface area (Å²) in [7, 11) is 1.69. The molecule has 0 amide bonds. The maximum absolute atomic E-state index is 11.3. The number of thioether (sulfide) groups is 1. The SMILES string of the molecule is COc1ccc2nccc(CCCC3CCN(CCSc4cccnc4)CC3CCC(=O)O)c2c1. The quantitative estimate of drug-likeness (QED) is 0.331. The van der Waals surface area contributed by atoms with Gasteiger partial charge in [-0.25, -0.2) is 0 Å². The summed E-state index contributed by atoms with van der Waals surface area (Å²) in [5, 5.41) is 10.5. The van der Waals surface area contributed by atoms with E-state index in [1.807, 2.05) is 42.4 Å². The summed E-state index contributed by atoms with van der Waals surface area (Å²) >= 11 is 1.84. The predicted octanol–water partition coefficient (Wildman–Crippen LogP) is 5.56. The van der Waals surface area contributed by atoms with Crippen LogP contribution in [0.4, 0.5) is 0 Å². The lowest BCUT2D eigenvalue weighted by atomic mass is 9.79. The predicted molar refractivity (Wildman–Crippen MR) is 141 cm³/mol. The molecule has 3 heterocycles. The Morgan fingerprint density at radius 3 is 2.91 bits per heavy atom. The Morgan fingerprint density at radius 1 is 1.20 bits per heavy atom. The van der Waals surface area contributed by atoms with E-state index in [0.717, 1.165) is 74.1 Å². The van der Waals surface area contributed by atoms with E-state index in [0.29, 0.717) is 11.8 Å². The van der Waals surface area contributed by atoms with Gasteiger partial charge in [-0.2, -0.15) is 0 Å². The van der Waals surface area contributed by atoms with Crippen LogP contribution in [0.1, 0.15) is 37.7 Å². The molecule has 4 rings (SSSR count). The first kappa shape index (κ1) is 25.5. The number of aliphatic carboxylic acids is 1. The normalized spacial score (nSPS) is 18.5. The van der Waals surface area contributed by atoms with Crippen molar-refractivity contribution in [3.63, 3.8) is 0 Å². The molecular weight excluding hydrogens is 458 g/mol. The maximum Gasteiger partial charge on any atom is 0.303 e. The van der Waals surface area contributed by atoms with Crippen LogP contribution in [0.3, 0.4) is 0 Å². The Hall–Kier alpha value is -2.64. The Bertz CT molecular complexity index is 1100. The molecule has 1 aliphatic heterocycles. The van der Waals surface area contributed by atoms with Gasteiger partial charge >= 0.3 is 5.97 Å². The van der Waals surface area contributed by atoms with Gasteiger partial charge in [0.2, 0.25) is 0 Å². The number of carbonyl (C=O) groups is 1. The van der Waals surface area contributed by atoms with Crippen LogP contribution in [0.15, 0.2) is 59.9 Å². The molecule has 2 aromatic heterocycles. The summed E-state index contributed by atoms with van der Waals surface area (Å²) in [5.74, 6) is 2.22. The topological polar surface area (TPSA) is 75.5 Å². The Morgan fingerprint density at radius 2 is 2.11 bits per heavy atom. The van der Waals surface area contributed by atoms with Gasteiger partial charge < -0.3 is 14.7 Å². The molecule has 2 atom stereocenters. The van der Waals surface area contributed by atoms with E-state index in [2.05, 4.69) is 33.1 Å². The average molecular weight is 494 g/mol. The van der Waals surface area contributed by atoms with Crippen molar-refractivity contribution in [1.82, 2.24) is 14.9 Å². The number of methoxy groups -OCH3 is 1. The lowest BCUT2D eigenvalue weighted by Crippen LogP contribution is -2.41. The van der Waals surface area contributed by atoms with Crippen molar-refractivity contribution in [1.29, 1.82) is 0 Å². The minimum Gasteiger partial charge on any atom is -0.497 e. The summed E-state index contributed by atoms with van der Waals surface area (Å²) in [4.78, 5) is 23.7. The fraction of sp³-hybridized carbons (Fsp3) is 0.464. The number of pyridine rings is 2. The van der Waals surface area contributed by atoms with Crippen molar-refractivity contribution >= 4 is 28.6 Å². The highest BCUT2D eigenvalue weighted by Gasteiger charge is 2.29. The van der Waals surface area contributed by atoms with Crippen LogP contribution in [0, 0.1) is 11.8 Å². The third-order valence-corrected chi connectivity index (χ3v) is 8.04. The molecule has 1 aromatic carbocycles. The number of carboxylic acids is 1. The van der Waals surface area contributed by atoms with Crippen molar-refractivity contribution in [3.8, 4) is 5.75 Å². The Labute approximate surface area is 212 Å². The van der Waals surface area contributed by atoms with Gasteiger partial charge in [0.15, 0.2) is 0 Å². The largest absolute Gasteiger partial charge is 0.497 e. The fourth-order valence-electron chi connectivity index (χ4n) is 5.18. The Balaban J connectivity index is 1.31. The van der Waals surface area contributed by atoms with E-state index in [4.69, 9.17) is 4.74 Å². The van der Waals surface area contributed by atoms with Crippen LogP contribution in [0.2, 0.25) is 0 Å². The number of nitrogens with zero attached hydrogens (tertiary/aromatic N) is 3. The van der Waals surface area contributed by atoms with Gasteiger partial charge in [0.25, 0.3) is 0 Å². The number of likely N-dealkylation sites (tertiary alicyclic amines) is 1. The number of fused-ring (bicyclic) bond motifs is 1. The van der Waals surface area contributed by atoms with Crippen molar-refractivity contribution < 1.29 is 14.6 Å². The molecule has 1 N–H and O–H groups in total. The lowest BCUT2D eigenvalue weighted by Gasteiger charge is -2.39. The van der Waals surface area contributed by atoms with E-state index in [1.165, 1.54) is 10.5 Å². The molecule has 6 nitrogen and oxygen atoms in total. The first-order chi connectivity index (χ1) is 17.1. The van der Waals surface area contributed by atoms with E-state index < -0.39 is 5.97 Å². The van der Waals surface area contributed by atoms with Crippen molar-refractivity contribution in [2.24, 2.45) is 11.8 Å². The molecule has 0 spiro atoms. The van der Waals surface area contributed by atoms with Crippen molar-refractivity contribution in [2.45, 2.75) is 43.4 Å². The molecule has 1 fully saturated rings. The highest BCUT2D eigenvalue weighted by atomic mass is 32.2. The van der Waals surface area contributed by atoms with Gasteiger partial charge in [-0.1, -0.05) is 0 Å². The van der Waals surface area contributed by atoms with Crippen LogP contribution >= 0.6 is 11.8 Å². The summed E-state index contributed by atoms with van der Waals surface area (Å²) in [6.45, 7) is 3.12. The zero-order chi connectivity index (χ0) is 24.5.